The van der Waals surface area contributed by atoms with E-state index in [9.17, 15) is 14.4 Å². The zero-order valence-electron chi connectivity index (χ0n) is 19.0. The van der Waals surface area contributed by atoms with Gasteiger partial charge >= 0.3 is 0 Å². The summed E-state index contributed by atoms with van der Waals surface area (Å²) in [7, 11) is 0. The highest BCUT2D eigenvalue weighted by Gasteiger charge is 2.34. The number of nitrogens with zero attached hydrogens (tertiary/aromatic N) is 2. The highest BCUT2D eigenvalue weighted by molar-refractivity contribution is 7.98. The highest BCUT2D eigenvalue weighted by Crippen LogP contribution is 2.15. The van der Waals surface area contributed by atoms with Gasteiger partial charge in [-0.05, 0) is 29.9 Å². The van der Waals surface area contributed by atoms with Crippen LogP contribution >= 0.6 is 11.8 Å². The molecule has 1 aromatic rings. The van der Waals surface area contributed by atoms with Crippen molar-refractivity contribution in [2.24, 2.45) is 5.92 Å². The molecule has 1 aromatic carbocycles. The molecule has 2 rings (SSSR count). The molecule has 0 aliphatic carbocycles. The first-order valence-electron chi connectivity index (χ1n) is 10.8. The second kappa shape index (κ2) is 12.7. The molecule has 0 radical (unpaired) electrons. The fourth-order valence-electron chi connectivity index (χ4n) is 3.62. The van der Waals surface area contributed by atoms with Gasteiger partial charge in [-0.2, -0.15) is 11.8 Å². The SMILES string of the molecule is CSCC[C@H](NC(C)=O)C(=O)N1CC(=O)N(CC(C)C)C[C@H](OCc2ccccc2)C1. The van der Waals surface area contributed by atoms with E-state index in [1.807, 2.05) is 36.6 Å². The summed E-state index contributed by atoms with van der Waals surface area (Å²) in [4.78, 5) is 41.2. The van der Waals surface area contributed by atoms with Crippen LogP contribution in [0.5, 0.6) is 0 Å². The number of thioether (sulfide) groups is 1. The molecule has 1 aliphatic rings. The van der Waals surface area contributed by atoms with Gasteiger partial charge in [0.25, 0.3) is 0 Å². The Labute approximate surface area is 189 Å². The molecule has 0 unspecified atom stereocenters. The minimum atomic E-state index is -0.635. The Kier molecular flexibility index (Phi) is 10.3. The third-order valence-electron chi connectivity index (χ3n) is 5.04. The Hall–Kier alpha value is -2.06. The summed E-state index contributed by atoms with van der Waals surface area (Å²) in [5, 5.41) is 2.75. The van der Waals surface area contributed by atoms with Crippen LogP contribution in [0.25, 0.3) is 0 Å². The first-order chi connectivity index (χ1) is 14.8. The standard InChI is InChI=1S/C23H35N3O4S/c1-17(2)12-25-13-20(30-16-19-8-6-5-7-9-19)14-26(15-22(25)28)23(29)21(10-11-31-4)24-18(3)27/h5-9,17,20-21H,10-16H2,1-4H3,(H,24,27)/t20-,21-/m0/s1. The van der Waals surface area contributed by atoms with Gasteiger partial charge in [-0.1, -0.05) is 44.2 Å². The summed E-state index contributed by atoms with van der Waals surface area (Å²) < 4.78 is 6.15. The van der Waals surface area contributed by atoms with E-state index < -0.39 is 6.04 Å². The van der Waals surface area contributed by atoms with Crippen LogP contribution in [0.2, 0.25) is 0 Å². The molecule has 2 atom stereocenters. The van der Waals surface area contributed by atoms with Gasteiger partial charge < -0.3 is 19.9 Å². The topological polar surface area (TPSA) is 79.0 Å². The first-order valence-corrected chi connectivity index (χ1v) is 12.2. The molecule has 1 fully saturated rings. The van der Waals surface area contributed by atoms with Crippen LogP contribution in [0.3, 0.4) is 0 Å². The van der Waals surface area contributed by atoms with Crippen LogP contribution in [-0.2, 0) is 25.7 Å². The second-order valence-corrected chi connectivity index (χ2v) is 9.35. The zero-order valence-corrected chi connectivity index (χ0v) is 19.8. The number of amides is 3. The smallest absolute Gasteiger partial charge is 0.245 e. The number of ether oxygens (including phenoxy) is 1. The van der Waals surface area contributed by atoms with Gasteiger partial charge in [0.2, 0.25) is 17.7 Å². The van der Waals surface area contributed by atoms with Crippen LogP contribution < -0.4 is 5.32 Å². The van der Waals surface area contributed by atoms with Crippen LogP contribution in [0.15, 0.2) is 30.3 Å². The molecule has 1 aliphatic heterocycles. The maximum atomic E-state index is 13.3. The molecule has 1 saturated heterocycles. The van der Waals surface area contributed by atoms with Gasteiger partial charge in [-0.15, -0.1) is 0 Å². The molecular formula is C23H35N3O4S. The molecule has 0 aromatic heterocycles. The Morgan fingerprint density at radius 3 is 2.55 bits per heavy atom. The van der Waals surface area contributed by atoms with E-state index in [2.05, 4.69) is 19.2 Å². The molecular weight excluding hydrogens is 414 g/mol. The minimum absolute atomic E-state index is 0.00605. The van der Waals surface area contributed by atoms with Gasteiger partial charge in [-0.3, -0.25) is 14.4 Å². The van der Waals surface area contributed by atoms with E-state index >= 15 is 0 Å². The molecule has 1 N–H and O–H groups in total. The molecule has 31 heavy (non-hydrogen) atoms. The summed E-state index contributed by atoms with van der Waals surface area (Å²) in [6, 6.07) is 9.22. The lowest BCUT2D eigenvalue weighted by Gasteiger charge is -2.28. The first kappa shape index (κ1) is 25.2. The van der Waals surface area contributed by atoms with Crippen molar-refractivity contribution in [3.8, 4) is 0 Å². The van der Waals surface area contributed by atoms with Crippen molar-refractivity contribution in [1.82, 2.24) is 15.1 Å². The summed E-state index contributed by atoms with van der Waals surface area (Å²) in [5.74, 6) is 0.497. The molecule has 0 spiro atoms. The van der Waals surface area contributed by atoms with Crippen LogP contribution in [0.4, 0.5) is 0 Å². The summed E-state index contributed by atoms with van der Waals surface area (Å²) >= 11 is 1.62. The number of nitrogens with one attached hydrogen (secondary N) is 1. The fourth-order valence-corrected chi connectivity index (χ4v) is 4.09. The molecule has 0 bridgehead atoms. The number of hydrogen-bond donors (Lipinski definition) is 1. The van der Waals surface area contributed by atoms with Gasteiger partial charge in [0, 0.05) is 26.6 Å². The van der Waals surface area contributed by atoms with Crippen molar-refractivity contribution in [2.45, 2.75) is 45.9 Å². The Bertz CT molecular complexity index is 729. The van der Waals surface area contributed by atoms with Crippen molar-refractivity contribution >= 4 is 29.5 Å². The quantitative estimate of drug-likeness (QED) is 0.592. The molecule has 0 saturated carbocycles. The average molecular weight is 450 g/mol. The molecule has 172 valence electrons. The lowest BCUT2D eigenvalue weighted by atomic mass is 10.1. The predicted molar refractivity (Wildman–Crippen MR) is 124 cm³/mol. The Morgan fingerprint density at radius 1 is 1.23 bits per heavy atom. The van der Waals surface area contributed by atoms with E-state index in [4.69, 9.17) is 4.74 Å². The van der Waals surface area contributed by atoms with Crippen molar-refractivity contribution in [3.63, 3.8) is 0 Å². The normalized spacial score (nSPS) is 18.1. The van der Waals surface area contributed by atoms with Gasteiger partial charge in [0.1, 0.15) is 6.04 Å². The number of hydrogen-bond acceptors (Lipinski definition) is 5. The van der Waals surface area contributed by atoms with E-state index in [1.54, 1.807) is 21.6 Å². The van der Waals surface area contributed by atoms with Crippen molar-refractivity contribution in [2.75, 3.05) is 38.2 Å². The van der Waals surface area contributed by atoms with Crippen molar-refractivity contribution in [1.29, 1.82) is 0 Å². The summed E-state index contributed by atoms with van der Waals surface area (Å²) in [5.41, 5.74) is 1.04. The Morgan fingerprint density at radius 2 is 1.94 bits per heavy atom. The van der Waals surface area contributed by atoms with E-state index in [0.717, 1.165) is 11.3 Å². The molecule has 7 nitrogen and oxygen atoms in total. The van der Waals surface area contributed by atoms with Crippen LogP contribution in [0.1, 0.15) is 32.8 Å². The minimum Gasteiger partial charge on any atom is -0.370 e. The van der Waals surface area contributed by atoms with Crippen molar-refractivity contribution < 1.29 is 19.1 Å². The highest BCUT2D eigenvalue weighted by atomic mass is 32.2. The van der Waals surface area contributed by atoms with Crippen molar-refractivity contribution in [3.05, 3.63) is 35.9 Å². The zero-order chi connectivity index (χ0) is 22.8. The van der Waals surface area contributed by atoms with Crippen LogP contribution in [-0.4, -0.2) is 77.9 Å². The maximum Gasteiger partial charge on any atom is 0.245 e. The third-order valence-corrected chi connectivity index (χ3v) is 5.68. The van der Waals surface area contributed by atoms with E-state index in [1.165, 1.54) is 6.92 Å². The monoisotopic (exact) mass is 449 g/mol. The van der Waals surface area contributed by atoms with E-state index in [0.29, 0.717) is 38.6 Å². The van der Waals surface area contributed by atoms with Gasteiger partial charge in [0.15, 0.2) is 0 Å². The predicted octanol–water partition coefficient (Wildman–Crippen LogP) is 2.16. The molecule has 1 heterocycles. The average Bonchev–Trinajstić information content (AvgIpc) is 2.88. The second-order valence-electron chi connectivity index (χ2n) is 8.36. The van der Waals surface area contributed by atoms with Gasteiger partial charge in [0.05, 0.1) is 19.3 Å². The number of carbonyl (C=O) groups excluding carboxylic acids is 3. The lowest BCUT2D eigenvalue weighted by Crippen LogP contribution is -2.51. The number of carbonyl (C=O) groups is 3. The fraction of sp³-hybridized carbons (Fsp3) is 0.609. The number of rotatable bonds is 10. The summed E-state index contributed by atoms with van der Waals surface area (Å²) in [6.45, 7) is 7.35. The lowest BCUT2D eigenvalue weighted by molar-refractivity contribution is -0.141. The number of benzene rings is 1. The third kappa shape index (κ3) is 8.53. The Balaban J connectivity index is 2.17. The van der Waals surface area contributed by atoms with Crippen LogP contribution in [0, 0.1) is 5.92 Å². The van der Waals surface area contributed by atoms with E-state index in [-0.39, 0.29) is 30.4 Å². The summed E-state index contributed by atoms with van der Waals surface area (Å²) in [6.07, 6.45) is 2.19. The molecule has 3 amide bonds. The molecule has 8 heteroatoms. The van der Waals surface area contributed by atoms with Gasteiger partial charge in [-0.25, -0.2) is 0 Å². The largest absolute Gasteiger partial charge is 0.370 e. The maximum absolute atomic E-state index is 13.3.